The van der Waals surface area contributed by atoms with Crippen LogP contribution >= 0.6 is 23.2 Å². The Morgan fingerprint density at radius 3 is 2.56 bits per heavy atom. The van der Waals surface area contributed by atoms with Crippen molar-refractivity contribution in [3.8, 4) is 0 Å². The molecular formula is C12H15Cl2NO3. The van der Waals surface area contributed by atoms with Crippen molar-refractivity contribution in [1.29, 1.82) is 0 Å². The summed E-state index contributed by atoms with van der Waals surface area (Å²) in [6.45, 7) is 0. The third-order valence-electron chi connectivity index (χ3n) is 2.71. The Balaban J connectivity index is 2.78. The maximum absolute atomic E-state index is 10.5. The van der Waals surface area contributed by atoms with Crippen LogP contribution in [0.2, 0.25) is 10.0 Å². The van der Waals surface area contributed by atoms with E-state index >= 15 is 0 Å². The number of aliphatic hydroxyl groups excluding tert-OH is 1. The van der Waals surface area contributed by atoms with Crippen LogP contribution in [0.15, 0.2) is 18.2 Å². The molecule has 0 aliphatic rings. The number of halogens is 2. The van der Waals surface area contributed by atoms with E-state index in [0.717, 1.165) is 0 Å². The van der Waals surface area contributed by atoms with Gasteiger partial charge in [-0.15, -0.1) is 0 Å². The second-order valence-electron chi connectivity index (χ2n) is 3.95. The molecule has 18 heavy (non-hydrogen) atoms. The first kappa shape index (κ1) is 15.2. The Kier molecular flexibility index (Phi) is 5.88. The van der Waals surface area contributed by atoms with Crippen LogP contribution in [0.4, 0.5) is 0 Å². The summed E-state index contributed by atoms with van der Waals surface area (Å²) in [4.78, 5) is 10.5. The third kappa shape index (κ3) is 4.14. The molecule has 4 nitrogen and oxygen atoms in total. The monoisotopic (exact) mass is 291 g/mol. The van der Waals surface area contributed by atoms with Gasteiger partial charge in [0, 0.05) is 12.5 Å². The molecule has 0 spiro atoms. The smallest absolute Gasteiger partial charge is 0.303 e. The van der Waals surface area contributed by atoms with Crippen LogP contribution in [0.25, 0.3) is 0 Å². The van der Waals surface area contributed by atoms with Crippen LogP contribution < -0.4 is 5.32 Å². The molecule has 1 rings (SSSR count). The van der Waals surface area contributed by atoms with Crippen molar-refractivity contribution in [2.24, 2.45) is 0 Å². The van der Waals surface area contributed by atoms with Gasteiger partial charge in [-0.2, -0.15) is 0 Å². The average molecular weight is 292 g/mol. The molecule has 0 saturated heterocycles. The average Bonchev–Trinajstić information content (AvgIpc) is 2.32. The molecule has 6 heteroatoms. The second-order valence-corrected chi connectivity index (χ2v) is 4.76. The van der Waals surface area contributed by atoms with E-state index in [1.165, 1.54) is 0 Å². The molecule has 1 aromatic rings. The second kappa shape index (κ2) is 6.95. The first-order valence-electron chi connectivity index (χ1n) is 5.47. The number of carboxylic acid groups (broad SMARTS) is 1. The molecular weight excluding hydrogens is 277 g/mol. The number of nitrogens with one attached hydrogen (secondary N) is 1. The maximum atomic E-state index is 10.5. The Labute approximate surface area is 116 Å². The van der Waals surface area contributed by atoms with Crippen LogP contribution in [0.3, 0.4) is 0 Å². The molecule has 1 aromatic carbocycles. The van der Waals surface area contributed by atoms with Gasteiger partial charge in [-0.1, -0.05) is 29.3 Å². The van der Waals surface area contributed by atoms with Gasteiger partial charge in [-0.3, -0.25) is 4.79 Å². The molecule has 2 atom stereocenters. The van der Waals surface area contributed by atoms with E-state index in [1.807, 2.05) is 0 Å². The normalized spacial score (nSPS) is 14.2. The molecule has 0 radical (unpaired) electrons. The number of rotatable bonds is 6. The van der Waals surface area contributed by atoms with Crippen molar-refractivity contribution in [1.82, 2.24) is 5.32 Å². The first-order chi connectivity index (χ1) is 8.45. The predicted molar refractivity (Wildman–Crippen MR) is 71.1 cm³/mol. The standard InChI is InChI=1S/C12H15Cl2NO3/c1-15-10(4-5-11(16)17)12(18)7-2-3-8(13)9(14)6-7/h2-3,6,10,12,15,18H,4-5H2,1H3,(H,16,17). The zero-order chi connectivity index (χ0) is 13.7. The quantitative estimate of drug-likeness (QED) is 0.753. The number of hydrogen-bond donors (Lipinski definition) is 3. The molecule has 0 saturated carbocycles. The number of carboxylic acids is 1. The van der Waals surface area contributed by atoms with Crippen LogP contribution in [-0.2, 0) is 4.79 Å². The van der Waals surface area contributed by atoms with Gasteiger partial charge >= 0.3 is 5.97 Å². The predicted octanol–water partition coefficient (Wildman–Crippen LogP) is 2.48. The molecule has 0 aliphatic heterocycles. The number of benzene rings is 1. The Morgan fingerprint density at radius 2 is 2.06 bits per heavy atom. The van der Waals surface area contributed by atoms with Gasteiger partial charge in [0.25, 0.3) is 0 Å². The van der Waals surface area contributed by atoms with E-state index in [2.05, 4.69) is 5.32 Å². The largest absolute Gasteiger partial charge is 0.481 e. The highest BCUT2D eigenvalue weighted by Gasteiger charge is 2.20. The number of hydrogen-bond acceptors (Lipinski definition) is 3. The third-order valence-corrected chi connectivity index (χ3v) is 3.45. The summed E-state index contributed by atoms with van der Waals surface area (Å²) >= 11 is 11.7. The van der Waals surface area contributed by atoms with E-state index in [-0.39, 0.29) is 12.5 Å². The number of aliphatic carboxylic acids is 1. The van der Waals surface area contributed by atoms with Gasteiger partial charge < -0.3 is 15.5 Å². The van der Waals surface area contributed by atoms with Crippen molar-refractivity contribution in [2.75, 3.05) is 7.05 Å². The fraction of sp³-hybridized carbons (Fsp3) is 0.417. The van der Waals surface area contributed by atoms with Crippen molar-refractivity contribution in [3.05, 3.63) is 33.8 Å². The summed E-state index contributed by atoms with van der Waals surface area (Å²) in [5, 5.41) is 22.5. The molecule has 0 aliphatic carbocycles. The van der Waals surface area contributed by atoms with E-state index in [9.17, 15) is 9.90 Å². The highest BCUT2D eigenvalue weighted by molar-refractivity contribution is 6.42. The highest BCUT2D eigenvalue weighted by Crippen LogP contribution is 2.27. The summed E-state index contributed by atoms with van der Waals surface area (Å²) in [6.07, 6.45) is -0.513. The number of aliphatic hydroxyl groups is 1. The zero-order valence-electron chi connectivity index (χ0n) is 9.86. The minimum Gasteiger partial charge on any atom is -0.481 e. The minimum absolute atomic E-state index is 0.0100. The van der Waals surface area contributed by atoms with Crippen LogP contribution in [0.1, 0.15) is 24.5 Å². The summed E-state index contributed by atoms with van der Waals surface area (Å²) in [5.41, 5.74) is 0.606. The topological polar surface area (TPSA) is 69.6 Å². The van der Waals surface area contributed by atoms with Crippen molar-refractivity contribution < 1.29 is 15.0 Å². The van der Waals surface area contributed by atoms with Crippen molar-refractivity contribution >= 4 is 29.2 Å². The zero-order valence-corrected chi connectivity index (χ0v) is 11.4. The maximum Gasteiger partial charge on any atom is 0.303 e. The van der Waals surface area contributed by atoms with Gasteiger partial charge in [-0.25, -0.2) is 0 Å². The van der Waals surface area contributed by atoms with Gasteiger partial charge in [-0.05, 0) is 31.2 Å². The lowest BCUT2D eigenvalue weighted by atomic mass is 9.98. The SMILES string of the molecule is CNC(CCC(=O)O)C(O)c1ccc(Cl)c(Cl)c1. The van der Waals surface area contributed by atoms with E-state index in [4.69, 9.17) is 28.3 Å². The Bertz CT molecular complexity index is 426. The summed E-state index contributed by atoms with van der Waals surface area (Å²) in [6, 6.07) is 4.51. The molecule has 3 N–H and O–H groups in total. The van der Waals surface area contributed by atoms with Crippen LogP contribution in [-0.4, -0.2) is 29.3 Å². The molecule has 100 valence electrons. The van der Waals surface area contributed by atoms with Gasteiger partial charge in [0.1, 0.15) is 0 Å². The fourth-order valence-corrected chi connectivity index (χ4v) is 1.97. The number of carbonyl (C=O) groups is 1. The van der Waals surface area contributed by atoms with Crippen molar-refractivity contribution in [3.63, 3.8) is 0 Å². The molecule has 0 heterocycles. The molecule has 0 amide bonds. The Hall–Kier alpha value is -0.810. The lowest BCUT2D eigenvalue weighted by Crippen LogP contribution is -2.32. The van der Waals surface area contributed by atoms with E-state index in [1.54, 1.807) is 25.2 Å². The van der Waals surface area contributed by atoms with Crippen LogP contribution in [0.5, 0.6) is 0 Å². The van der Waals surface area contributed by atoms with Crippen LogP contribution in [0, 0.1) is 0 Å². The fourth-order valence-electron chi connectivity index (χ4n) is 1.67. The minimum atomic E-state index is -0.892. The van der Waals surface area contributed by atoms with E-state index < -0.39 is 12.1 Å². The lowest BCUT2D eigenvalue weighted by Gasteiger charge is -2.22. The van der Waals surface area contributed by atoms with Gasteiger partial charge in [0.2, 0.25) is 0 Å². The molecule has 0 fully saturated rings. The Morgan fingerprint density at radius 1 is 1.39 bits per heavy atom. The summed E-state index contributed by atoms with van der Waals surface area (Å²) in [7, 11) is 1.67. The van der Waals surface area contributed by atoms with Gasteiger partial charge in [0.15, 0.2) is 0 Å². The summed E-state index contributed by atoms with van der Waals surface area (Å²) in [5.74, 6) is -0.892. The molecule has 2 unspecified atom stereocenters. The number of likely N-dealkylation sites (N-methyl/N-ethyl adjacent to an activating group) is 1. The molecule has 0 bridgehead atoms. The van der Waals surface area contributed by atoms with Gasteiger partial charge in [0.05, 0.1) is 16.1 Å². The lowest BCUT2D eigenvalue weighted by molar-refractivity contribution is -0.137. The highest BCUT2D eigenvalue weighted by atomic mass is 35.5. The first-order valence-corrected chi connectivity index (χ1v) is 6.23. The van der Waals surface area contributed by atoms with E-state index in [0.29, 0.717) is 22.0 Å². The molecule has 0 aromatic heterocycles. The van der Waals surface area contributed by atoms with Crippen molar-refractivity contribution in [2.45, 2.75) is 25.0 Å². The summed E-state index contributed by atoms with van der Waals surface area (Å²) < 4.78 is 0.